The third-order valence-electron chi connectivity index (χ3n) is 5.11. The molecule has 0 spiro atoms. The molecule has 2 aromatic carbocycles. The van der Waals surface area contributed by atoms with Crippen LogP contribution < -0.4 is 4.90 Å². The number of nitriles is 1. The molecular weight excluding hydrogens is 387 g/mol. The lowest BCUT2D eigenvalue weighted by molar-refractivity contribution is -0.385. The number of piperazine rings is 1. The second kappa shape index (κ2) is 9.18. The van der Waals surface area contributed by atoms with E-state index >= 15 is 0 Å². The zero-order valence-electron chi connectivity index (χ0n) is 16.5. The lowest BCUT2D eigenvalue weighted by Gasteiger charge is -2.36. The Balaban J connectivity index is 1.74. The van der Waals surface area contributed by atoms with E-state index in [0.717, 1.165) is 0 Å². The molecule has 0 unspecified atom stereocenters. The second-order valence-electron chi connectivity index (χ2n) is 6.90. The molecule has 1 aliphatic heterocycles. The van der Waals surface area contributed by atoms with Crippen molar-refractivity contribution in [2.24, 2.45) is 0 Å². The molecule has 8 heteroatoms. The maximum atomic E-state index is 14.0. The van der Waals surface area contributed by atoms with Crippen LogP contribution in [0.5, 0.6) is 0 Å². The van der Waals surface area contributed by atoms with E-state index < -0.39 is 10.8 Å². The van der Waals surface area contributed by atoms with Gasteiger partial charge in [0.1, 0.15) is 17.5 Å². The zero-order chi connectivity index (χ0) is 21.7. The van der Waals surface area contributed by atoms with Crippen molar-refractivity contribution in [3.63, 3.8) is 0 Å². The van der Waals surface area contributed by atoms with E-state index in [1.54, 1.807) is 35.2 Å². The molecular formula is C22H21FN4O3. The lowest BCUT2D eigenvalue weighted by Crippen LogP contribution is -2.49. The monoisotopic (exact) mass is 408 g/mol. The summed E-state index contributed by atoms with van der Waals surface area (Å²) in [5, 5.41) is 20.7. The summed E-state index contributed by atoms with van der Waals surface area (Å²) in [6.45, 7) is 3.41. The number of carbonyl (C=O) groups is 1. The van der Waals surface area contributed by atoms with Gasteiger partial charge in [0, 0.05) is 37.8 Å². The fourth-order valence-electron chi connectivity index (χ4n) is 3.48. The van der Waals surface area contributed by atoms with Crippen LogP contribution >= 0.6 is 0 Å². The van der Waals surface area contributed by atoms with E-state index in [9.17, 15) is 24.6 Å². The molecule has 0 aliphatic carbocycles. The van der Waals surface area contributed by atoms with Crippen molar-refractivity contribution in [3.05, 3.63) is 75.1 Å². The van der Waals surface area contributed by atoms with E-state index in [2.05, 4.69) is 0 Å². The van der Waals surface area contributed by atoms with Gasteiger partial charge >= 0.3 is 0 Å². The highest BCUT2D eigenvalue weighted by molar-refractivity contribution is 6.01. The van der Waals surface area contributed by atoms with Crippen molar-refractivity contribution >= 4 is 23.4 Å². The van der Waals surface area contributed by atoms with Gasteiger partial charge in [-0.15, -0.1) is 0 Å². The van der Waals surface area contributed by atoms with Gasteiger partial charge in [-0.1, -0.05) is 31.2 Å². The van der Waals surface area contributed by atoms with Crippen molar-refractivity contribution in [1.82, 2.24) is 4.90 Å². The number of nitro benzene ring substituents is 1. The van der Waals surface area contributed by atoms with Crippen molar-refractivity contribution in [1.29, 1.82) is 5.26 Å². The lowest BCUT2D eigenvalue weighted by atomic mass is 10.0. The van der Waals surface area contributed by atoms with E-state index in [4.69, 9.17) is 0 Å². The largest absolute Gasteiger partial charge is 0.366 e. The molecule has 2 aromatic rings. The van der Waals surface area contributed by atoms with Crippen LogP contribution in [0, 0.1) is 27.3 Å². The first-order valence-corrected chi connectivity index (χ1v) is 9.62. The average molecular weight is 408 g/mol. The molecule has 30 heavy (non-hydrogen) atoms. The van der Waals surface area contributed by atoms with Gasteiger partial charge in [-0.2, -0.15) is 5.26 Å². The summed E-state index contributed by atoms with van der Waals surface area (Å²) in [7, 11) is 0. The molecule has 1 fully saturated rings. The summed E-state index contributed by atoms with van der Waals surface area (Å²) in [5.74, 6) is -0.750. The minimum absolute atomic E-state index is 0.0329. The van der Waals surface area contributed by atoms with Gasteiger partial charge in [0.15, 0.2) is 0 Å². The molecule has 7 nitrogen and oxygen atoms in total. The number of halogens is 1. The summed E-state index contributed by atoms with van der Waals surface area (Å²) in [6.07, 6.45) is 1.88. The van der Waals surface area contributed by atoms with Gasteiger partial charge in [0.05, 0.1) is 10.6 Å². The fourth-order valence-corrected chi connectivity index (χ4v) is 3.48. The predicted octanol–water partition coefficient (Wildman–Crippen LogP) is 3.55. The molecule has 1 aliphatic rings. The van der Waals surface area contributed by atoms with Gasteiger partial charge < -0.3 is 9.80 Å². The first-order valence-electron chi connectivity index (χ1n) is 9.62. The van der Waals surface area contributed by atoms with Crippen molar-refractivity contribution in [2.45, 2.75) is 13.3 Å². The van der Waals surface area contributed by atoms with Crippen LogP contribution in [0.2, 0.25) is 0 Å². The highest BCUT2D eigenvalue weighted by Crippen LogP contribution is 2.24. The number of hydrogen-bond acceptors (Lipinski definition) is 5. The van der Waals surface area contributed by atoms with Gasteiger partial charge in [0.25, 0.3) is 11.6 Å². The van der Waals surface area contributed by atoms with Crippen molar-refractivity contribution in [2.75, 3.05) is 31.1 Å². The Hall–Kier alpha value is -3.73. The standard InChI is InChI=1S/C22H21FN4O3/c1-2-17-8-7-16(14-21(17)27(29)30)13-18(15-24)22(28)26-11-9-25(10-12-26)20-6-4-3-5-19(20)23/h3-8,13-14H,2,9-12H2,1H3/b18-13+. The number of nitrogens with zero attached hydrogens (tertiary/aromatic N) is 4. The number of rotatable bonds is 5. The summed E-state index contributed by atoms with van der Waals surface area (Å²) in [4.78, 5) is 27.0. The van der Waals surface area contributed by atoms with Gasteiger partial charge in [0.2, 0.25) is 0 Å². The number of anilines is 1. The van der Waals surface area contributed by atoms with Gasteiger partial charge in [-0.05, 0) is 30.2 Å². The van der Waals surface area contributed by atoms with Crippen LogP contribution in [0.25, 0.3) is 6.08 Å². The molecule has 154 valence electrons. The van der Waals surface area contributed by atoms with Crippen LogP contribution in [0.15, 0.2) is 48.0 Å². The quantitative estimate of drug-likeness (QED) is 0.327. The van der Waals surface area contributed by atoms with E-state index in [1.165, 1.54) is 18.2 Å². The molecule has 0 atom stereocenters. The van der Waals surface area contributed by atoms with E-state index in [-0.39, 0.29) is 17.1 Å². The number of amides is 1. The molecule has 1 heterocycles. The first-order chi connectivity index (χ1) is 14.4. The third-order valence-corrected chi connectivity index (χ3v) is 5.11. The van der Waals surface area contributed by atoms with Gasteiger partial charge in [-0.25, -0.2) is 4.39 Å². The van der Waals surface area contributed by atoms with Crippen LogP contribution in [0.4, 0.5) is 15.8 Å². The molecule has 3 rings (SSSR count). The maximum absolute atomic E-state index is 14.0. The third kappa shape index (κ3) is 4.46. The van der Waals surface area contributed by atoms with Gasteiger partial charge in [-0.3, -0.25) is 14.9 Å². The highest BCUT2D eigenvalue weighted by Gasteiger charge is 2.25. The Morgan fingerprint density at radius 3 is 2.53 bits per heavy atom. The highest BCUT2D eigenvalue weighted by atomic mass is 19.1. The number of hydrogen-bond donors (Lipinski definition) is 0. The molecule has 0 aromatic heterocycles. The SMILES string of the molecule is CCc1ccc(/C=C(\C#N)C(=O)N2CCN(c3ccccc3F)CC2)cc1[N+](=O)[O-]. The maximum Gasteiger partial charge on any atom is 0.273 e. The van der Waals surface area contributed by atoms with E-state index in [1.807, 2.05) is 17.9 Å². The Kier molecular flexibility index (Phi) is 6.42. The first kappa shape index (κ1) is 21.0. The summed E-state index contributed by atoms with van der Waals surface area (Å²) < 4.78 is 14.0. The topological polar surface area (TPSA) is 90.5 Å². The van der Waals surface area contributed by atoms with Crippen molar-refractivity contribution < 1.29 is 14.1 Å². The van der Waals surface area contributed by atoms with Crippen LogP contribution in [0.3, 0.4) is 0 Å². The summed E-state index contributed by atoms with van der Waals surface area (Å²) in [6, 6.07) is 13.0. The molecule has 1 saturated heterocycles. The number of nitro groups is 1. The molecule has 0 bridgehead atoms. The Labute approximate surface area is 173 Å². The van der Waals surface area contributed by atoms with Crippen LogP contribution in [-0.2, 0) is 11.2 Å². The Morgan fingerprint density at radius 2 is 1.93 bits per heavy atom. The Bertz CT molecular complexity index is 1040. The van der Waals surface area contributed by atoms with E-state index in [0.29, 0.717) is 49.4 Å². The number of carbonyl (C=O) groups excluding carboxylic acids is 1. The molecule has 1 amide bonds. The summed E-state index contributed by atoms with van der Waals surface area (Å²) >= 11 is 0. The Morgan fingerprint density at radius 1 is 1.23 bits per heavy atom. The average Bonchev–Trinajstić information content (AvgIpc) is 2.77. The minimum Gasteiger partial charge on any atom is -0.366 e. The minimum atomic E-state index is -0.466. The number of benzene rings is 2. The molecule has 0 radical (unpaired) electrons. The van der Waals surface area contributed by atoms with Crippen molar-refractivity contribution in [3.8, 4) is 6.07 Å². The molecule has 0 saturated carbocycles. The fraction of sp³-hybridized carbons (Fsp3) is 0.273. The molecule has 0 N–H and O–H groups in total. The number of para-hydroxylation sites is 1. The second-order valence-corrected chi connectivity index (χ2v) is 6.90. The predicted molar refractivity (Wildman–Crippen MR) is 111 cm³/mol. The zero-order valence-corrected chi connectivity index (χ0v) is 16.5. The normalized spacial score (nSPS) is 14.4. The number of aryl methyl sites for hydroxylation is 1. The van der Waals surface area contributed by atoms with Crippen LogP contribution in [0.1, 0.15) is 18.1 Å². The smallest absolute Gasteiger partial charge is 0.273 e. The summed E-state index contributed by atoms with van der Waals surface area (Å²) in [5.41, 5.74) is 1.38. The van der Waals surface area contributed by atoms with Crippen LogP contribution in [-0.4, -0.2) is 41.9 Å².